The van der Waals surface area contributed by atoms with E-state index < -0.39 is 17.6 Å². The Balaban J connectivity index is 1.35. The van der Waals surface area contributed by atoms with Crippen LogP contribution in [0, 0.1) is 0 Å². The van der Waals surface area contributed by atoms with Crippen LogP contribution in [0.15, 0.2) is 66.9 Å². The number of likely N-dealkylation sites (N-methyl/N-ethyl adjacent to an activating group) is 1. The molecule has 190 valence electrons. The monoisotopic (exact) mass is 498 g/mol. The molecule has 1 aromatic heterocycles. The van der Waals surface area contributed by atoms with Gasteiger partial charge in [0.1, 0.15) is 5.75 Å². The highest BCUT2D eigenvalue weighted by Gasteiger charge is 2.34. The summed E-state index contributed by atoms with van der Waals surface area (Å²) in [6, 6.07) is 16.6. The van der Waals surface area contributed by atoms with Crippen molar-refractivity contribution < 1.29 is 22.7 Å². The summed E-state index contributed by atoms with van der Waals surface area (Å²) in [5.74, 6) is -0.0697. The number of hydrogen-bond donors (Lipinski definition) is 1. The highest BCUT2D eigenvalue weighted by molar-refractivity contribution is 5.92. The smallest absolute Gasteiger partial charge is 0.416 e. The Bertz CT molecular complexity index is 1150. The van der Waals surface area contributed by atoms with Crippen LogP contribution in [0.4, 0.5) is 18.9 Å². The summed E-state index contributed by atoms with van der Waals surface area (Å²) in [5, 5.41) is 2.51. The molecule has 0 atom stereocenters. The topological polar surface area (TPSA) is 57.7 Å². The second-order valence-electron chi connectivity index (χ2n) is 8.66. The Kier molecular flexibility index (Phi) is 8.22. The summed E-state index contributed by atoms with van der Waals surface area (Å²) in [5.41, 5.74) is 1.27. The third kappa shape index (κ3) is 6.83. The van der Waals surface area contributed by atoms with Crippen LogP contribution in [0.2, 0.25) is 0 Å². The molecule has 0 bridgehead atoms. The molecule has 1 N–H and O–H groups in total. The van der Waals surface area contributed by atoms with Crippen molar-refractivity contribution >= 4 is 11.6 Å². The maximum Gasteiger partial charge on any atom is 0.416 e. The number of hydrogen-bond acceptors (Lipinski definition) is 5. The van der Waals surface area contributed by atoms with Gasteiger partial charge in [-0.1, -0.05) is 19.1 Å². The number of carbonyl (C=O) groups is 1. The molecule has 0 saturated carbocycles. The van der Waals surface area contributed by atoms with Gasteiger partial charge in [-0.2, -0.15) is 13.2 Å². The van der Waals surface area contributed by atoms with Crippen molar-refractivity contribution in [3.8, 4) is 17.0 Å². The van der Waals surface area contributed by atoms with Crippen molar-refractivity contribution in [3.63, 3.8) is 0 Å². The van der Waals surface area contributed by atoms with Crippen LogP contribution in [0.3, 0.4) is 0 Å². The number of nitrogens with zero attached hydrogens (tertiary/aromatic N) is 3. The van der Waals surface area contributed by atoms with Crippen molar-refractivity contribution in [1.82, 2.24) is 14.8 Å². The molecule has 0 radical (unpaired) electrons. The summed E-state index contributed by atoms with van der Waals surface area (Å²) < 4.78 is 46.9. The minimum absolute atomic E-state index is 0.0842. The van der Waals surface area contributed by atoms with Gasteiger partial charge in [0.25, 0.3) is 5.91 Å². The van der Waals surface area contributed by atoms with Crippen LogP contribution in [0.25, 0.3) is 11.3 Å². The van der Waals surface area contributed by atoms with Gasteiger partial charge in [-0.3, -0.25) is 14.7 Å². The lowest BCUT2D eigenvalue weighted by Crippen LogP contribution is -2.45. The summed E-state index contributed by atoms with van der Waals surface area (Å²) in [6.07, 6.45) is -2.82. The molecule has 36 heavy (non-hydrogen) atoms. The predicted octanol–water partition coefficient (Wildman–Crippen LogP) is 4.92. The zero-order valence-corrected chi connectivity index (χ0v) is 20.1. The van der Waals surface area contributed by atoms with Gasteiger partial charge >= 0.3 is 6.18 Å². The molecule has 0 unspecified atom stereocenters. The number of benzene rings is 2. The van der Waals surface area contributed by atoms with E-state index in [2.05, 4.69) is 22.1 Å². The van der Waals surface area contributed by atoms with Gasteiger partial charge in [0, 0.05) is 50.2 Å². The Morgan fingerprint density at radius 1 is 1.00 bits per heavy atom. The van der Waals surface area contributed by atoms with Crippen molar-refractivity contribution in [3.05, 3.63) is 78.0 Å². The SMILES string of the molecule is CCN1CCN(Cc2ccc(NC(=O)COc3ccc(-c4ccccn4)cc3)cc2C(F)(F)F)CC1. The normalized spacial score (nSPS) is 15.0. The molecule has 2 heterocycles. The molecule has 1 saturated heterocycles. The second-order valence-corrected chi connectivity index (χ2v) is 8.66. The lowest BCUT2D eigenvalue weighted by molar-refractivity contribution is -0.138. The van der Waals surface area contributed by atoms with Crippen LogP contribution >= 0.6 is 0 Å². The minimum atomic E-state index is -4.52. The molecule has 6 nitrogen and oxygen atoms in total. The third-order valence-corrected chi connectivity index (χ3v) is 6.19. The Morgan fingerprint density at radius 2 is 1.72 bits per heavy atom. The summed E-state index contributed by atoms with van der Waals surface area (Å²) >= 11 is 0. The fourth-order valence-corrected chi connectivity index (χ4v) is 4.16. The zero-order valence-electron chi connectivity index (χ0n) is 20.1. The molecule has 0 aliphatic carbocycles. The predicted molar refractivity (Wildman–Crippen MR) is 133 cm³/mol. The Hall–Kier alpha value is -3.43. The van der Waals surface area contributed by atoms with Crippen molar-refractivity contribution in [2.75, 3.05) is 44.6 Å². The molecule has 9 heteroatoms. The highest BCUT2D eigenvalue weighted by atomic mass is 19.4. The van der Waals surface area contributed by atoms with Crippen LogP contribution in [-0.2, 0) is 17.5 Å². The number of rotatable bonds is 8. The van der Waals surface area contributed by atoms with E-state index in [-0.39, 0.29) is 24.4 Å². The molecule has 0 spiro atoms. The van der Waals surface area contributed by atoms with Gasteiger partial charge in [-0.05, 0) is 60.6 Å². The van der Waals surface area contributed by atoms with Crippen LogP contribution in [-0.4, -0.2) is 60.0 Å². The molecule has 1 aliphatic rings. The fraction of sp³-hybridized carbons (Fsp3) is 0.333. The third-order valence-electron chi connectivity index (χ3n) is 6.19. The molecular formula is C27H29F3N4O2. The van der Waals surface area contributed by atoms with Gasteiger partial charge in [-0.15, -0.1) is 0 Å². The lowest BCUT2D eigenvalue weighted by Gasteiger charge is -2.34. The molecule has 2 aromatic carbocycles. The van der Waals surface area contributed by atoms with Crippen molar-refractivity contribution in [2.45, 2.75) is 19.6 Å². The number of ether oxygens (including phenoxy) is 1. The van der Waals surface area contributed by atoms with E-state index in [0.29, 0.717) is 5.75 Å². The van der Waals surface area contributed by atoms with E-state index in [1.807, 2.05) is 35.2 Å². The highest BCUT2D eigenvalue weighted by Crippen LogP contribution is 2.34. The molecular weight excluding hydrogens is 469 g/mol. The minimum Gasteiger partial charge on any atom is -0.484 e. The molecule has 3 aromatic rings. The van der Waals surface area contributed by atoms with Crippen LogP contribution in [0.5, 0.6) is 5.75 Å². The first-order valence-corrected chi connectivity index (χ1v) is 11.9. The van der Waals surface area contributed by atoms with E-state index in [9.17, 15) is 18.0 Å². The standard InChI is InChI=1S/C27H29F3N4O2/c1-2-33-13-15-34(16-14-33)18-21-6-9-22(17-24(21)27(28,29)30)32-26(35)19-36-23-10-7-20(8-11-23)25-5-3-4-12-31-25/h3-12,17H,2,13-16,18-19H2,1H3,(H,32,35). The number of alkyl halides is 3. The first-order valence-electron chi connectivity index (χ1n) is 11.9. The summed E-state index contributed by atoms with van der Waals surface area (Å²) in [6.45, 7) is 6.06. The average molecular weight is 499 g/mol. The number of carbonyl (C=O) groups excluding carboxylic acids is 1. The number of anilines is 1. The van der Waals surface area contributed by atoms with Gasteiger partial charge in [0.15, 0.2) is 6.61 Å². The average Bonchev–Trinajstić information content (AvgIpc) is 2.89. The number of aromatic nitrogens is 1. The second kappa shape index (κ2) is 11.5. The number of halogens is 3. The maximum absolute atomic E-state index is 13.8. The summed E-state index contributed by atoms with van der Waals surface area (Å²) in [7, 11) is 0. The van der Waals surface area contributed by atoms with E-state index in [1.54, 1.807) is 18.3 Å². The number of piperazine rings is 1. The van der Waals surface area contributed by atoms with E-state index in [1.165, 1.54) is 12.1 Å². The summed E-state index contributed by atoms with van der Waals surface area (Å²) in [4.78, 5) is 20.9. The lowest BCUT2D eigenvalue weighted by atomic mass is 10.0. The molecule has 1 fully saturated rings. The van der Waals surface area contributed by atoms with Crippen LogP contribution < -0.4 is 10.1 Å². The molecule has 4 rings (SSSR count). The quantitative estimate of drug-likeness (QED) is 0.478. The van der Waals surface area contributed by atoms with E-state index >= 15 is 0 Å². The van der Waals surface area contributed by atoms with Crippen LogP contribution in [0.1, 0.15) is 18.1 Å². The first kappa shape index (κ1) is 25.7. The first-order chi connectivity index (χ1) is 17.3. The fourth-order valence-electron chi connectivity index (χ4n) is 4.16. The Morgan fingerprint density at radius 3 is 2.36 bits per heavy atom. The largest absolute Gasteiger partial charge is 0.484 e. The number of nitrogens with one attached hydrogen (secondary N) is 1. The maximum atomic E-state index is 13.8. The molecule has 1 amide bonds. The van der Waals surface area contributed by atoms with Crippen molar-refractivity contribution in [1.29, 1.82) is 0 Å². The number of pyridine rings is 1. The van der Waals surface area contributed by atoms with Crippen molar-refractivity contribution in [2.24, 2.45) is 0 Å². The van der Waals surface area contributed by atoms with Gasteiger partial charge in [-0.25, -0.2) is 0 Å². The van der Waals surface area contributed by atoms with Gasteiger partial charge in [0.05, 0.1) is 11.3 Å². The van der Waals surface area contributed by atoms with E-state index in [4.69, 9.17) is 4.74 Å². The Labute approximate surface area is 208 Å². The zero-order chi connectivity index (χ0) is 25.5. The molecule has 1 aliphatic heterocycles. The van der Waals surface area contributed by atoms with Gasteiger partial charge < -0.3 is 15.0 Å². The van der Waals surface area contributed by atoms with Gasteiger partial charge in [0.2, 0.25) is 0 Å². The van der Waals surface area contributed by atoms with E-state index in [0.717, 1.165) is 50.0 Å². The number of amides is 1.